The predicted molar refractivity (Wildman–Crippen MR) is 116 cm³/mol. The van der Waals surface area contributed by atoms with E-state index in [4.69, 9.17) is 4.74 Å². The van der Waals surface area contributed by atoms with Gasteiger partial charge in [0.05, 0.1) is 5.69 Å². The molecule has 0 aliphatic carbocycles. The molecule has 31 heavy (non-hydrogen) atoms. The number of hydrogen-bond acceptors (Lipinski definition) is 5. The molecule has 0 saturated carbocycles. The third-order valence-electron chi connectivity index (χ3n) is 4.69. The van der Waals surface area contributed by atoms with Crippen LogP contribution in [0.5, 0.6) is 0 Å². The number of ketones is 1. The molecule has 0 spiro atoms. The number of aromatic amines is 1. The van der Waals surface area contributed by atoms with Crippen molar-refractivity contribution in [2.45, 2.75) is 26.3 Å². The zero-order valence-electron chi connectivity index (χ0n) is 17.2. The second-order valence-corrected chi connectivity index (χ2v) is 7.07. The molecule has 8 nitrogen and oxygen atoms in total. The number of hydrogen-bond donors (Lipinski definition) is 3. The van der Waals surface area contributed by atoms with Crippen LogP contribution in [-0.4, -0.2) is 41.2 Å². The fourth-order valence-electron chi connectivity index (χ4n) is 3.28. The lowest BCUT2D eigenvalue weighted by molar-refractivity contribution is -0.150. The maximum absolute atomic E-state index is 12.6. The Kier molecular flexibility index (Phi) is 6.81. The number of benzene rings is 2. The van der Waals surface area contributed by atoms with Crippen molar-refractivity contribution < 1.29 is 23.9 Å². The number of nitrogens with one attached hydrogen (secondary N) is 3. The first kappa shape index (κ1) is 21.8. The van der Waals surface area contributed by atoms with Gasteiger partial charge in [-0.05, 0) is 30.7 Å². The Bertz CT molecular complexity index is 1130. The summed E-state index contributed by atoms with van der Waals surface area (Å²) in [6.07, 6.45) is 1.98. The average Bonchev–Trinajstić information content (AvgIpc) is 3.14. The third kappa shape index (κ3) is 5.57. The van der Waals surface area contributed by atoms with Crippen molar-refractivity contribution >= 4 is 40.2 Å². The van der Waals surface area contributed by atoms with Gasteiger partial charge in [-0.3, -0.25) is 14.4 Å². The van der Waals surface area contributed by atoms with Gasteiger partial charge in [-0.25, -0.2) is 4.79 Å². The molecule has 0 saturated heterocycles. The molecular formula is C23H23N3O5. The number of para-hydroxylation sites is 2. The van der Waals surface area contributed by atoms with E-state index in [2.05, 4.69) is 15.6 Å². The molecule has 8 heteroatoms. The molecule has 0 fully saturated rings. The molecular weight excluding hydrogens is 398 g/mol. The van der Waals surface area contributed by atoms with Crippen LogP contribution in [0, 0.1) is 0 Å². The normalized spacial score (nSPS) is 11.5. The molecule has 1 atom stereocenters. The highest BCUT2D eigenvalue weighted by Crippen LogP contribution is 2.19. The zero-order chi connectivity index (χ0) is 22.4. The van der Waals surface area contributed by atoms with Gasteiger partial charge in [-0.2, -0.15) is 0 Å². The van der Waals surface area contributed by atoms with E-state index < -0.39 is 24.5 Å². The van der Waals surface area contributed by atoms with E-state index in [-0.39, 0.29) is 18.1 Å². The zero-order valence-corrected chi connectivity index (χ0v) is 17.2. The maximum Gasteiger partial charge on any atom is 0.329 e. The molecule has 160 valence electrons. The minimum Gasteiger partial charge on any atom is -0.454 e. The van der Waals surface area contributed by atoms with Gasteiger partial charge in [0.15, 0.2) is 12.4 Å². The Balaban J connectivity index is 1.65. The number of carbonyl (C=O) groups is 4. The second kappa shape index (κ2) is 9.71. The van der Waals surface area contributed by atoms with Crippen molar-refractivity contribution in [1.82, 2.24) is 10.3 Å². The lowest BCUT2D eigenvalue weighted by atomic mass is 10.0. The smallest absolute Gasteiger partial charge is 0.329 e. The first-order chi connectivity index (χ1) is 14.8. The highest BCUT2D eigenvalue weighted by Gasteiger charge is 2.24. The molecule has 0 bridgehead atoms. The number of H-pyrrole nitrogens is 1. The SMILES string of the molecule is CC(=O)N[C@@H](Cc1c[nH]c2ccccc12)C(=O)OCC(=O)Nc1ccccc1C(C)=O. The van der Waals surface area contributed by atoms with E-state index in [1.165, 1.54) is 13.8 Å². The number of carbonyl (C=O) groups excluding carboxylic acids is 4. The summed E-state index contributed by atoms with van der Waals surface area (Å²) in [7, 11) is 0. The molecule has 0 unspecified atom stereocenters. The average molecular weight is 421 g/mol. The number of anilines is 1. The highest BCUT2D eigenvalue weighted by atomic mass is 16.5. The molecule has 0 radical (unpaired) electrons. The highest BCUT2D eigenvalue weighted by molar-refractivity contribution is 6.04. The molecule has 3 aromatic rings. The van der Waals surface area contributed by atoms with Crippen molar-refractivity contribution in [2.24, 2.45) is 0 Å². The van der Waals surface area contributed by atoms with Crippen molar-refractivity contribution in [3.8, 4) is 0 Å². The summed E-state index contributed by atoms with van der Waals surface area (Å²) in [5.74, 6) is -1.90. The summed E-state index contributed by atoms with van der Waals surface area (Å²) in [5.41, 5.74) is 2.45. The fraction of sp³-hybridized carbons (Fsp3) is 0.217. The Morgan fingerprint density at radius 1 is 1.00 bits per heavy atom. The molecule has 1 heterocycles. The van der Waals surface area contributed by atoms with Gasteiger partial charge in [0.25, 0.3) is 5.91 Å². The van der Waals surface area contributed by atoms with Gasteiger partial charge < -0.3 is 20.4 Å². The topological polar surface area (TPSA) is 117 Å². The molecule has 1 aromatic heterocycles. The fourth-order valence-corrected chi connectivity index (χ4v) is 3.28. The van der Waals surface area contributed by atoms with E-state index in [0.29, 0.717) is 11.3 Å². The number of Topliss-reactive ketones (excluding diaryl/α,β-unsaturated/α-hetero) is 1. The Morgan fingerprint density at radius 2 is 1.71 bits per heavy atom. The van der Waals surface area contributed by atoms with Gasteiger partial charge in [-0.1, -0.05) is 30.3 Å². The van der Waals surface area contributed by atoms with Crippen LogP contribution in [-0.2, 0) is 25.5 Å². The number of fused-ring (bicyclic) bond motifs is 1. The van der Waals surface area contributed by atoms with Crippen LogP contribution in [0.3, 0.4) is 0 Å². The van der Waals surface area contributed by atoms with Crippen LogP contribution in [0.1, 0.15) is 29.8 Å². The largest absolute Gasteiger partial charge is 0.454 e. The Labute approximate surface area is 179 Å². The lowest BCUT2D eigenvalue weighted by Crippen LogP contribution is -2.43. The number of aromatic nitrogens is 1. The van der Waals surface area contributed by atoms with Crippen LogP contribution < -0.4 is 10.6 Å². The first-order valence-electron chi connectivity index (χ1n) is 9.73. The molecule has 2 amide bonds. The summed E-state index contributed by atoms with van der Waals surface area (Å²) in [5, 5.41) is 6.08. The Hall–Kier alpha value is -3.94. The molecule has 0 aliphatic heterocycles. The minimum atomic E-state index is -0.950. The van der Waals surface area contributed by atoms with Gasteiger partial charge in [0.2, 0.25) is 5.91 Å². The summed E-state index contributed by atoms with van der Waals surface area (Å²) >= 11 is 0. The van der Waals surface area contributed by atoms with Crippen molar-refractivity contribution in [1.29, 1.82) is 0 Å². The van der Waals surface area contributed by atoms with Gasteiger partial charge in [-0.15, -0.1) is 0 Å². The van der Waals surface area contributed by atoms with Crippen LogP contribution in [0.25, 0.3) is 10.9 Å². The predicted octanol–water partition coefficient (Wildman–Crippen LogP) is 2.60. The maximum atomic E-state index is 12.6. The molecule has 0 aliphatic rings. The summed E-state index contributed by atoms with van der Waals surface area (Å²) in [6.45, 7) is 2.16. The first-order valence-corrected chi connectivity index (χ1v) is 9.73. The van der Waals surface area contributed by atoms with E-state index in [1.54, 1.807) is 30.5 Å². The number of amides is 2. The van der Waals surface area contributed by atoms with E-state index in [1.807, 2.05) is 24.3 Å². The van der Waals surface area contributed by atoms with Crippen molar-refractivity contribution in [2.75, 3.05) is 11.9 Å². The summed E-state index contributed by atoms with van der Waals surface area (Å²) in [6, 6.07) is 13.2. The van der Waals surface area contributed by atoms with Crippen molar-refractivity contribution in [3.63, 3.8) is 0 Å². The van der Waals surface area contributed by atoms with Gasteiger partial charge in [0, 0.05) is 36.0 Å². The quantitative estimate of drug-likeness (QED) is 0.382. The Morgan fingerprint density at radius 3 is 2.45 bits per heavy atom. The standard InChI is InChI=1S/C23H23N3O5/c1-14(27)17-7-3-6-10-20(17)26-22(29)13-31-23(30)21(25-15(2)28)11-16-12-24-19-9-5-4-8-18(16)19/h3-10,12,21,24H,11,13H2,1-2H3,(H,25,28)(H,26,29)/t21-/m0/s1. The summed E-state index contributed by atoms with van der Waals surface area (Å²) < 4.78 is 5.14. The van der Waals surface area contributed by atoms with E-state index >= 15 is 0 Å². The van der Waals surface area contributed by atoms with Crippen LogP contribution in [0.15, 0.2) is 54.7 Å². The van der Waals surface area contributed by atoms with Crippen LogP contribution >= 0.6 is 0 Å². The monoisotopic (exact) mass is 421 g/mol. The molecule has 3 N–H and O–H groups in total. The number of rotatable bonds is 8. The van der Waals surface area contributed by atoms with E-state index in [0.717, 1.165) is 16.5 Å². The number of esters is 1. The number of ether oxygens (including phenoxy) is 1. The summed E-state index contributed by atoms with van der Waals surface area (Å²) in [4.78, 5) is 51.2. The third-order valence-corrected chi connectivity index (χ3v) is 4.69. The van der Waals surface area contributed by atoms with Gasteiger partial charge in [0.1, 0.15) is 6.04 Å². The van der Waals surface area contributed by atoms with Crippen molar-refractivity contribution in [3.05, 3.63) is 65.9 Å². The van der Waals surface area contributed by atoms with Crippen LogP contribution in [0.2, 0.25) is 0 Å². The second-order valence-electron chi connectivity index (χ2n) is 7.07. The lowest BCUT2D eigenvalue weighted by Gasteiger charge is -2.17. The van der Waals surface area contributed by atoms with Crippen LogP contribution in [0.4, 0.5) is 5.69 Å². The molecule has 3 rings (SSSR count). The minimum absolute atomic E-state index is 0.197. The van der Waals surface area contributed by atoms with Gasteiger partial charge >= 0.3 is 5.97 Å². The van der Waals surface area contributed by atoms with E-state index in [9.17, 15) is 19.2 Å². The molecule has 2 aromatic carbocycles.